The molecule has 0 spiro atoms. The summed E-state index contributed by atoms with van der Waals surface area (Å²) in [4.78, 5) is 0. The van der Waals surface area contributed by atoms with Crippen molar-refractivity contribution >= 4 is 55.6 Å². The zero-order chi connectivity index (χ0) is 27.3. The fourth-order valence-electron chi connectivity index (χ4n) is 7.28. The van der Waals surface area contributed by atoms with E-state index in [0.717, 1.165) is 0 Å². The van der Waals surface area contributed by atoms with Crippen molar-refractivity contribution in [2.24, 2.45) is 0 Å². The average Bonchev–Trinajstić information content (AvgIpc) is 3.63. The van der Waals surface area contributed by atoms with Crippen molar-refractivity contribution in [1.29, 1.82) is 0 Å². The van der Waals surface area contributed by atoms with Crippen LogP contribution in [0, 0.1) is 0 Å². The molecule has 194 valence electrons. The molecule has 0 unspecified atom stereocenters. The van der Waals surface area contributed by atoms with Crippen molar-refractivity contribution in [2.45, 2.75) is 19.3 Å². The number of benzene rings is 6. The molecule has 0 fully saturated rings. The first-order valence-electron chi connectivity index (χ1n) is 14.3. The summed E-state index contributed by atoms with van der Waals surface area (Å²) in [6, 6.07) is 47.5. The summed E-state index contributed by atoms with van der Waals surface area (Å²) in [5.74, 6) is 0. The van der Waals surface area contributed by atoms with E-state index in [-0.39, 0.29) is 19.9 Å². The molecule has 6 aromatic carbocycles. The van der Waals surface area contributed by atoms with Gasteiger partial charge in [-0.1, -0.05) is 0 Å². The Balaban J connectivity index is 1.44. The number of aromatic nitrogens is 1. The van der Waals surface area contributed by atoms with Crippen molar-refractivity contribution in [1.82, 2.24) is 4.57 Å². The Kier molecular flexibility index (Phi) is 4.75. The van der Waals surface area contributed by atoms with Crippen LogP contribution in [-0.4, -0.2) is 19.1 Å². The maximum atomic E-state index is 2.50. The molecule has 0 N–H and O–H groups in total. The number of rotatable bonds is 2. The van der Waals surface area contributed by atoms with Crippen LogP contribution in [-0.2, 0) is 5.41 Å². The molecule has 0 bridgehead atoms. The summed E-state index contributed by atoms with van der Waals surface area (Å²) in [7, 11) is 0. The molecule has 1 aliphatic rings. The van der Waals surface area contributed by atoms with Gasteiger partial charge in [0.05, 0.1) is 0 Å². The minimum absolute atomic E-state index is 0.0135. The fourth-order valence-corrected chi connectivity index (χ4v) is 9.89. The molecule has 0 saturated heterocycles. The Bertz CT molecular complexity index is 2330. The van der Waals surface area contributed by atoms with Gasteiger partial charge in [0.1, 0.15) is 0 Å². The second-order valence-corrected chi connectivity index (χ2v) is 13.9. The molecule has 0 radical (unpaired) electrons. The van der Waals surface area contributed by atoms with Crippen molar-refractivity contribution in [2.75, 3.05) is 0 Å². The summed E-state index contributed by atoms with van der Waals surface area (Å²) in [5, 5.41) is 5.43. The molecule has 0 amide bonds. The quantitative estimate of drug-likeness (QED) is 0.177. The SMILES string of the molecule is CC1(C)c2ccccc2-c2cc(-c3cc4c5ccccc5n(-c5ccccc5)c4c4c3[se]c3ccccc34)ccc21. The van der Waals surface area contributed by atoms with Crippen LogP contribution in [0.1, 0.15) is 25.0 Å². The van der Waals surface area contributed by atoms with E-state index in [1.54, 1.807) is 0 Å². The third kappa shape index (κ3) is 3.12. The van der Waals surface area contributed by atoms with Crippen LogP contribution in [0.2, 0.25) is 0 Å². The van der Waals surface area contributed by atoms with Gasteiger partial charge in [0.15, 0.2) is 0 Å². The van der Waals surface area contributed by atoms with Gasteiger partial charge < -0.3 is 0 Å². The van der Waals surface area contributed by atoms with Gasteiger partial charge in [-0.15, -0.1) is 0 Å². The number of para-hydroxylation sites is 2. The van der Waals surface area contributed by atoms with Gasteiger partial charge in [-0.25, -0.2) is 0 Å². The molecular weight excluding hydrogens is 561 g/mol. The van der Waals surface area contributed by atoms with Crippen LogP contribution in [0.3, 0.4) is 0 Å². The Morgan fingerprint density at radius 3 is 2.15 bits per heavy atom. The second-order valence-electron chi connectivity index (χ2n) is 11.7. The first kappa shape index (κ1) is 23.4. The van der Waals surface area contributed by atoms with Gasteiger partial charge in [-0.2, -0.15) is 0 Å². The van der Waals surface area contributed by atoms with Crippen LogP contribution < -0.4 is 0 Å². The summed E-state index contributed by atoms with van der Waals surface area (Å²) >= 11 is 0.226. The van der Waals surface area contributed by atoms with Gasteiger partial charge in [0.25, 0.3) is 0 Å². The monoisotopic (exact) mass is 589 g/mol. The molecule has 41 heavy (non-hydrogen) atoms. The van der Waals surface area contributed by atoms with E-state index in [9.17, 15) is 0 Å². The predicted molar refractivity (Wildman–Crippen MR) is 176 cm³/mol. The second kappa shape index (κ2) is 8.33. The van der Waals surface area contributed by atoms with Gasteiger partial charge in [-0.05, 0) is 0 Å². The summed E-state index contributed by atoms with van der Waals surface area (Å²) in [5.41, 5.74) is 12.1. The molecule has 0 aliphatic heterocycles. The van der Waals surface area contributed by atoms with Crippen molar-refractivity contribution in [3.63, 3.8) is 0 Å². The molecule has 0 atom stereocenters. The number of fused-ring (bicyclic) bond motifs is 10. The van der Waals surface area contributed by atoms with E-state index in [2.05, 4.69) is 146 Å². The van der Waals surface area contributed by atoms with Crippen LogP contribution in [0.25, 0.3) is 69.0 Å². The van der Waals surface area contributed by atoms with Crippen LogP contribution in [0.4, 0.5) is 0 Å². The van der Waals surface area contributed by atoms with Crippen molar-refractivity contribution in [3.05, 3.63) is 139 Å². The van der Waals surface area contributed by atoms with Gasteiger partial charge >= 0.3 is 246 Å². The number of hydrogen-bond donors (Lipinski definition) is 0. The fraction of sp³-hybridized carbons (Fsp3) is 0.0769. The Labute approximate surface area is 245 Å². The first-order valence-corrected chi connectivity index (χ1v) is 16.0. The molecule has 8 aromatic rings. The first-order chi connectivity index (χ1) is 20.1. The van der Waals surface area contributed by atoms with E-state index < -0.39 is 0 Å². The van der Waals surface area contributed by atoms with E-state index in [4.69, 9.17) is 0 Å². The van der Waals surface area contributed by atoms with Crippen LogP contribution in [0.15, 0.2) is 127 Å². The van der Waals surface area contributed by atoms with Crippen LogP contribution in [0.5, 0.6) is 0 Å². The number of nitrogens with zero attached hydrogens (tertiary/aromatic N) is 1. The molecule has 1 nitrogen and oxygen atoms in total. The topological polar surface area (TPSA) is 4.93 Å². The van der Waals surface area contributed by atoms with Crippen molar-refractivity contribution in [3.8, 4) is 27.9 Å². The van der Waals surface area contributed by atoms with E-state index >= 15 is 0 Å². The Morgan fingerprint density at radius 2 is 1.27 bits per heavy atom. The summed E-state index contributed by atoms with van der Waals surface area (Å²) in [6.07, 6.45) is 0. The molecule has 1 aliphatic carbocycles. The van der Waals surface area contributed by atoms with Gasteiger partial charge in [0, 0.05) is 0 Å². The summed E-state index contributed by atoms with van der Waals surface area (Å²) < 4.78 is 5.46. The number of hydrogen-bond acceptors (Lipinski definition) is 0. The molecule has 2 aromatic heterocycles. The van der Waals surface area contributed by atoms with Gasteiger partial charge in [-0.3, -0.25) is 0 Å². The predicted octanol–water partition coefficient (Wildman–Crippen LogP) is 10.1. The van der Waals surface area contributed by atoms with E-state index in [1.807, 2.05) is 0 Å². The normalized spacial score (nSPS) is 13.8. The zero-order valence-corrected chi connectivity index (χ0v) is 24.7. The molecule has 2 heterocycles. The molecular formula is C39H27NSe. The molecule has 9 rings (SSSR count). The van der Waals surface area contributed by atoms with E-state index in [1.165, 1.54) is 80.2 Å². The maximum absolute atomic E-state index is 2.50. The minimum atomic E-state index is 0.0135. The van der Waals surface area contributed by atoms with E-state index in [0.29, 0.717) is 0 Å². The zero-order valence-electron chi connectivity index (χ0n) is 23.0. The Hall–Kier alpha value is -4.36. The van der Waals surface area contributed by atoms with Crippen LogP contribution >= 0.6 is 0 Å². The average molecular weight is 589 g/mol. The summed E-state index contributed by atoms with van der Waals surface area (Å²) in [6.45, 7) is 4.72. The standard InChI is InChI=1S/C39H27NSe/c1-39(2)32-17-9-6-14-26(32)30-22-24(20-21-33(30)39)29-23-31-27-15-7-10-18-34(27)40(25-12-4-3-5-13-25)37(31)36-28-16-8-11-19-35(28)41-38(29)36/h3-23H,1-2H3. The van der Waals surface area contributed by atoms with Gasteiger partial charge in [0.2, 0.25) is 0 Å². The third-order valence-electron chi connectivity index (χ3n) is 9.19. The third-order valence-corrected chi connectivity index (χ3v) is 11.7. The van der Waals surface area contributed by atoms with Crippen molar-refractivity contribution < 1.29 is 0 Å². The molecule has 0 saturated carbocycles. The molecule has 2 heteroatoms. The Morgan fingerprint density at radius 1 is 0.561 bits per heavy atom.